The van der Waals surface area contributed by atoms with Crippen LogP contribution < -0.4 is 11.1 Å². The number of nitrogens with zero attached hydrogens (tertiary/aromatic N) is 2. The second-order valence-corrected chi connectivity index (χ2v) is 6.10. The lowest BCUT2D eigenvalue weighted by Crippen LogP contribution is -2.40. The van der Waals surface area contributed by atoms with E-state index in [0.717, 1.165) is 34.5 Å². The molecular weight excluding hydrogens is 260 g/mol. The highest BCUT2D eigenvalue weighted by molar-refractivity contribution is 5.93. The number of hydrogen-bond acceptors (Lipinski definition) is 4. The Balaban J connectivity index is 1.84. The summed E-state index contributed by atoms with van der Waals surface area (Å²) in [5.74, 6) is 0. The van der Waals surface area contributed by atoms with Gasteiger partial charge in [0.2, 0.25) is 0 Å². The molecule has 0 spiro atoms. The number of fused-ring (bicyclic) bond motifs is 1. The van der Waals surface area contributed by atoms with Crippen molar-refractivity contribution in [1.29, 1.82) is 0 Å². The van der Waals surface area contributed by atoms with Crippen LogP contribution in [0.15, 0.2) is 24.3 Å². The van der Waals surface area contributed by atoms with Crippen molar-refractivity contribution in [3.63, 3.8) is 0 Å². The molecule has 0 bridgehead atoms. The molecule has 4 nitrogen and oxygen atoms in total. The Morgan fingerprint density at radius 3 is 3.00 bits per heavy atom. The molecule has 2 aromatic rings. The number of pyridine rings is 1. The van der Waals surface area contributed by atoms with E-state index in [9.17, 15) is 0 Å². The van der Waals surface area contributed by atoms with Gasteiger partial charge in [0.05, 0.1) is 5.52 Å². The van der Waals surface area contributed by atoms with Crippen molar-refractivity contribution in [3.8, 4) is 0 Å². The molecule has 1 unspecified atom stereocenters. The molecule has 1 atom stereocenters. The summed E-state index contributed by atoms with van der Waals surface area (Å²) >= 11 is 0. The first-order chi connectivity index (χ1) is 10.1. The third-order valence-corrected chi connectivity index (χ3v) is 4.41. The predicted octanol–water partition coefficient (Wildman–Crippen LogP) is 3.02. The van der Waals surface area contributed by atoms with Gasteiger partial charge in [0.25, 0.3) is 0 Å². The molecule has 1 aliphatic heterocycles. The van der Waals surface area contributed by atoms with Crippen LogP contribution in [-0.4, -0.2) is 36.1 Å². The molecule has 3 N–H and O–H groups in total. The lowest BCUT2D eigenvalue weighted by Gasteiger charge is -2.32. The largest absolute Gasteiger partial charge is 0.399 e. The van der Waals surface area contributed by atoms with E-state index in [4.69, 9.17) is 5.73 Å². The fourth-order valence-electron chi connectivity index (χ4n) is 3.15. The monoisotopic (exact) mass is 284 g/mol. The van der Waals surface area contributed by atoms with Crippen LogP contribution in [0.2, 0.25) is 0 Å². The van der Waals surface area contributed by atoms with Gasteiger partial charge in [0.15, 0.2) is 0 Å². The van der Waals surface area contributed by atoms with Crippen LogP contribution >= 0.6 is 0 Å². The number of hydrogen-bond donors (Lipinski definition) is 2. The zero-order valence-corrected chi connectivity index (χ0v) is 12.9. The van der Waals surface area contributed by atoms with Crippen LogP contribution in [0.4, 0.5) is 11.4 Å². The van der Waals surface area contributed by atoms with Gasteiger partial charge in [0, 0.05) is 35.0 Å². The normalized spacial score (nSPS) is 19.8. The fraction of sp³-hybridized carbons (Fsp3) is 0.471. The Labute approximate surface area is 126 Å². The van der Waals surface area contributed by atoms with Crippen LogP contribution in [0, 0.1) is 6.92 Å². The van der Waals surface area contributed by atoms with Gasteiger partial charge in [-0.1, -0.05) is 6.42 Å². The molecule has 0 radical (unpaired) electrons. The molecule has 1 saturated heterocycles. The first-order valence-corrected chi connectivity index (χ1v) is 7.74. The summed E-state index contributed by atoms with van der Waals surface area (Å²) in [6, 6.07) is 8.64. The van der Waals surface area contributed by atoms with Gasteiger partial charge < -0.3 is 16.0 Å². The number of benzene rings is 1. The third-order valence-electron chi connectivity index (χ3n) is 4.41. The van der Waals surface area contributed by atoms with Crippen LogP contribution in [0.3, 0.4) is 0 Å². The zero-order chi connectivity index (χ0) is 14.8. The second kappa shape index (κ2) is 5.90. The van der Waals surface area contributed by atoms with E-state index in [1.807, 2.05) is 25.1 Å². The van der Waals surface area contributed by atoms with E-state index in [2.05, 4.69) is 28.3 Å². The molecule has 4 heteroatoms. The lowest BCUT2D eigenvalue weighted by molar-refractivity contribution is 0.195. The van der Waals surface area contributed by atoms with Crippen LogP contribution in [0.5, 0.6) is 0 Å². The maximum atomic E-state index is 5.93. The molecule has 0 saturated carbocycles. The first-order valence-electron chi connectivity index (χ1n) is 7.74. The molecule has 1 aromatic carbocycles. The molecule has 1 aliphatic rings. The van der Waals surface area contributed by atoms with Gasteiger partial charge in [-0.05, 0) is 57.6 Å². The number of likely N-dealkylation sites (tertiary alicyclic amines) is 1. The minimum atomic E-state index is 0.614. The Kier molecular flexibility index (Phi) is 3.97. The molecule has 2 heterocycles. The number of nitrogens with two attached hydrogens (primary N) is 1. The smallest absolute Gasteiger partial charge is 0.0727 e. The highest BCUT2D eigenvalue weighted by Crippen LogP contribution is 2.26. The Hall–Kier alpha value is -1.81. The molecule has 1 aromatic heterocycles. The van der Waals surface area contributed by atoms with Crippen molar-refractivity contribution < 1.29 is 0 Å². The number of rotatable bonds is 3. The average Bonchev–Trinajstić information content (AvgIpc) is 2.47. The van der Waals surface area contributed by atoms with Gasteiger partial charge in [-0.3, -0.25) is 4.98 Å². The number of piperidine rings is 1. The molecular formula is C17H24N4. The third kappa shape index (κ3) is 3.10. The topological polar surface area (TPSA) is 54.2 Å². The van der Waals surface area contributed by atoms with Gasteiger partial charge in [-0.25, -0.2) is 0 Å². The average molecular weight is 284 g/mol. The number of anilines is 2. The Morgan fingerprint density at radius 1 is 1.33 bits per heavy atom. The van der Waals surface area contributed by atoms with E-state index in [0.29, 0.717) is 6.04 Å². The number of nitrogens with one attached hydrogen (secondary N) is 1. The van der Waals surface area contributed by atoms with Crippen LogP contribution in [0.1, 0.15) is 25.0 Å². The van der Waals surface area contributed by atoms with Crippen molar-refractivity contribution in [3.05, 3.63) is 30.0 Å². The molecule has 1 fully saturated rings. The molecule has 112 valence electrons. The second-order valence-electron chi connectivity index (χ2n) is 6.10. The number of nitrogen functional groups attached to an aromatic ring is 1. The minimum Gasteiger partial charge on any atom is -0.399 e. The highest BCUT2D eigenvalue weighted by Gasteiger charge is 2.18. The zero-order valence-electron chi connectivity index (χ0n) is 12.9. The van der Waals surface area contributed by atoms with Gasteiger partial charge in [-0.2, -0.15) is 0 Å². The molecule has 21 heavy (non-hydrogen) atoms. The predicted molar refractivity (Wildman–Crippen MR) is 89.7 cm³/mol. The van der Waals surface area contributed by atoms with E-state index >= 15 is 0 Å². The summed E-state index contributed by atoms with van der Waals surface area (Å²) in [7, 11) is 2.22. The summed E-state index contributed by atoms with van der Waals surface area (Å²) in [6.07, 6.45) is 3.92. The summed E-state index contributed by atoms with van der Waals surface area (Å²) in [5, 5.41) is 4.73. The van der Waals surface area contributed by atoms with Crippen molar-refractivity contribution in [2.45, 2.75) is 32.2 Å². The summed E-state index contributed by atoms with van der Waals surface area (Å²) < 4.78 is 0. The fourth-order valence-corrected chi connectivity index (χ4v) is 3.15. The van der Waals surface area contributed by atoms with Gasteiger partial charge in [-0.15, -0.1) is 0 Å². The SMILES string of the molecule is Cc1cc(NCC2CCCCN2C)c2cc(N)ccc2n1. The highest BCUT2D eigenvalue weighted by atomic mass is 15.2. The van der Waals surface area contributed by atoms with Crippen molar-refractivity contribution in [2.75, 3.05) is 31.2 Å². The Morgan fingerprint density at radius 2 is 2.19 bits per heavy atom. The van der Waals surface area contributed by atoms with E-state index < -0.39 is 0 Å². The van der Waals surface area contributed by atoms with Crippen molar-refractivity contribution in [1.82, 2.24) is 9.88 Å². The lowest BCUT2D eigenvalue weighted by atomic mass is 10.0. The van der Waals surface area contributed by atoms with Crippen molar-refractivity contribution >= 4 is 22.3 Å². The Bertz CT molecular complexity index is 638. The van der Waals surface area contributed by atoms with E-state index in [-0.39, 0.29) is 0 Å². The van der Waals surface area contributed by atoms with E-state index in [1.54, 1.807) is 0 Å². The molecule has 3 rings (SSSR count). The number of aromatic nitrogens is 1. The number of aryl methyl sites for hydroxylation is 1. The summed E-state index contributed by atoms with van der Waals surface area (Å²) in [6.45, 7) is 4.22. The first kappa shape index (κ1) is 14.1. The molecule has 0 amide bonds. The maximum Gasteiger partial charge on any atom is 0.0727 e. The summed E-state index contributed by atoms with van der Waals surface area (Å²) in [4.78, 5) is 7.04. The summed E-state index contributed by atoms with van der Waals surface area (Å²) in [5.41, 5.74) is 9.89. The molecule has 0 aliphatic carbocycles. The number of likely N-dealkylation sites (N-methyl/N-ethyl adjacent to an activating group) is 1. The van der Waals surface area contributed by atoms with Crippen LogP contribution in [0.25, 0.3) is 10.9 Å². The standard InChI is InChI=1S/C17H24N4/c1-12-9-17(15-10-13(18)6-7-16(15)20-12)19-11-14-5-3-4-8-21(14)2/h6-7,9-10,14H,3-5,8,11,18H2,1-2H3,(H,19,20). The minimum absolute atomic E-state index is 0.614. The van der Waals surface area contributed by atoms with Gasteiger partial charge >= 0.3 is 0 Å². The maximum absolute atomic E-state index is 5.93. The van der Waals surface area contributed by atoms with Gasteiger partial charge in [0.1, 0.15) is 0 Å². The van der Waals surface area contributed by atoms with E-state index in [1.165, 1.54) is 25.8 Å². The van der Waals surface area contributed by atoms with Crippen LogP contribution in [-0.2, 0) is 0 Å². The van der Waals surface area contributed by atoms with Crippen molar-refractivity contribution in [2.24, 2.45) is 0 Å². The quantitative estimate of drug-likeness (QED) is 0.851.